The highest BCUT2D eigenvalue weighted by Crippen LogP contribution is 2.64. The van der Waals surface area contributed by atoms with Crippen molar-refractivity contribution in [3.05, 3.63) is 11.6 Å². The molecule has 4 unspecified atom stereocenters. The molecule has 0 aliphatic heterocycles. The first-order chi connectivity index (χ1) is 10.5. The van der Waals surface area contributed by atoms with Crippen LogP contribution in [0.3, 0.4) is 0 Å². The number of hydrogen-bond acceptors (Lipinski definition) is 2. The summed E-state index contributed by atoms with van der Waals surface area (Å²) in [6, 6.07) is 0. The molecule has 4 rings (SSSR count). The Labute approximate surface area is 134 Å². The summed E-state index contributed by atoms with van der Waals surface area (Å²) < 4.78 is 5.64. The van der Waals surface area contributed by atoms with Gasteiger partial charge in [-0.2, -0.15) is 0 Å². The summed E-state index contributed by atoms with van der Waals surface area (Å²) in [5, 5.41) is 0. The molecule has 0 N–H and O–H groups in total. The van der Waals surface area contributed by atoms with Gasteiger partial charge in [0.1, 0.15) is 5.78 Å². The number of rotatable bonds is 1. The van der Waals surface area contributed by atoms with Crippen molar-refractivity contribution in [1.82, 2.24) is 0 Å². The van der Waals surface area contributed by atoms with E-state index in [1.165, 1.54) is 25.7 Å². The zero-order valence-corrected chi connectivity index (χ0v) is 14.4. The fourth-order valence-electron chi connectivity index (χ4n) is 6.60. The lowest BCUT2D eigenvalue weighted by Crippen LogP contribution is -2.50. The lowest BCUT2D eigenvalue weighted by atomic mass is 9.48. The SMILES string of the molecule is COC1CC[C@@]2(C)C(=CCC3C2CC[C@]2(C)C(=O)CCC32)C1. The van der Waals surface area contributed by atoms with Gasteiger partial charge in [0.15, 0.2) is 0 Å². The number of carbonyl (C=O) groups is 1. The minimum atomic E-state index is 0.00655. The van der Waals surface area contributed by atoms with Gasteiger partial charge >= 0.3 is 0 Å². The van der Waals surface area contributed by atoms with E-state index in [0.717, 1.165) is 37.5 Å². The van der Waals surface area contributed by atoms with Crippen LogP contribution in [0.2, 0.25) is 0 Å². The van der Waals surface area contributed by atoms with Crippen molar-refractivity contribution in [3.8, 4) is 0 Å². The predicted octanol–water partition coefficient (Wildman–Crippen LogP) is 4.53. The molecule has 0 aromatic carbocycles. The van der Waals surface area contributed by atoms with Gasteiger partial charge in [-0.3, -0.25) is 4.79 Å². The Kier molecular flexibility index (Phi) is 3.35. The van der Waals surface area contributed by atoms with E-state index in [-0.39, 0.29) is 5.41 Å². The number of Topliss-reactive ketones (excluding diaryl/α,β-unsaturated/α-hetero) is 1. The van der Waals surface area contributed by atoms with Crippen molar-refractivity contribution < 1.29 is 9.53 Å². The van der Waals surface area contributed by atoms with Crippen LogP contribution in [0.1, 0.15) is 65.2 Å². The summed E-state index contributed by atoms with van der Waals surface area (Å²) in [6.45, 7) is 4.79. The molecular weight excluding hydrogens is 272 g/mol. The molecule has 22 heavy (non-hydrogen) atoms. The number of fused-ring (bicyclic) bond motifs is 5. The Hall–Kier alpha value is -0.630. The van der Waals surface area contributed by atoms with Crippen LogP contribution in [-0.4, -0.2) is 19.0 Å². The second-order valence-corrected chi connectivity index (χ2v) is 8.78. The average Bonchev–Trinajstić information content (AvgIpc) is 2.82. The summed E-state index contributed by atoms with van der Waals surface area (Å²) in [6.07, 6.45) is 12.2. The molecule has 0 spiro atoms. The van der Waals surface area contributed by atoms with Crippen molar-refractivity contribution in [1.29, 1.82) is 0 Å². The van der Waals surface area contributed by atoms with Crippen LogP contribution in [0.15, 0.2) is 11.6 Å². The molecule has 0 bridgehead atoms. The van der Waals surface area contributed by atoms with Gasteiger partial charge in [-0.15, -0.1) is 0 Å². The second-order valence-electron chi connectivity index (χ2n) is 8.78. The maximum absolute atomic E-state index is 12.4. The molecule has 0 heterocycles. The minimum absolute atomic E-state index is 0.00655. The maximum atomic E-state index is 12.4. The minimum Gasteiger partial charge on any atom is -0.381 e. The molecule has 0 aromatic rings. The van der Waals surface area contributed by atoms with Crippen LogP contribution in [0, 0.1) is 28.6 Å². The van der Waals surface area contributed by atoms with E-state index in [0.29, 0.717) is 23.2 Å². The van der Waals surface area contributed by atoms with Crippen molar-refractivity contribution in [3.63, 3.8) is 0 Å². The third-order valence-corrected chi connectivity index (χ3v) is 8.10. The Morgan fingerprint density at radius 2 is 1.82 bits per heavy atom. The maximum Gasteiger partial charge on any atom is 0.139 e. The first kappa shape index (κ1) is 14.9. The number of carbonyl (C=O) groups excluding carboxylic acids is 1. The fourth-order valence-corrected chi connectivity index (χ4v) is 6.60. The topological polar surface area (TPSA) is 26.3 Å². The highest BCUT2D eigenvalue weighted by Gasteiger charge is 2.58. The summed E-state index contributed by atoms with van der Waals surface area (Å²) in [4.78, 5) is 12.4. The summed E-state index contributed by atoms with van der Waals surface area (Å²) >= 11 is 0. The standard InChI is InChI=1S/C20H30O2/c1-19-10-8-14(22-3)12-13(19)4-5-15-16-6-7-18(21)20(16,2)11-9-17(15)19/h4,14-17H,5-12H2,1-3H3/t14?,15?,16?,17?,19-,20-/m0/s1. The molecule has 0 amide bonds. The predicted molar refractivity (Wildman–Crippen MR) is 87.5 cm³/mol. The first-order valence-electron chi connectivity index (χ1n) is 9.24. The monoisotopic (exact) mass is 302 g/mol. The van der Waals surface area contributed by atoms with E-state index in [2.05, 4.69) is 19.9 Å². The van der Waals surface area contributed by atoms with Crippen LogP contribution in [-0.2, 0) is 9.53 Å². The average molecular weight is 302 g/mol. The summed E-state index contributed by atoms with van der Waals surface area (Å²) in [5.41, 5.74) is 2.05. The lowest BCUT2D eigenvalue weighted by Gasteiger charge is -2.57. The van der Waals surface area contributed by atoms with Crippen LogP contribution >= 0.6 is 0 Å². The molecular formula is C20H30O2. The Morgan fingerprint density at radius 1 is 1.09 bits per heavy atom. The van der Waals surface area contributed by atoms with Gasteiger partial charge in [0.2, 0.25) is 0 Å². The van der Waals surface area contributed by atoms with E-state index in [1.807, 2.05) is 7.11 Å². The van der Waals surface area contributed by atoms with E-state index in [4.69, 9.17) is 4.74 Å². The van der Waals surface area contributed by atoms with E-state index in [1.54, 1.807) is 5.57 Å². The molecule has 0 radical (unpaired) electrons. The van der Waals surface area contributed by atoms with Gasteiger partial charge < -0.3 is 4.74 Å². The molecule has 122 valence electrons. The van der Waals surface area contributed by atoms with Crippen molar-refractivity contribution >= 4 is 5.78 Å². The van der Waals surface area contributed by atoms with E-state index >= 15 is 0 Å². The molecule has 3 fully saturated rings. The zero-order valence-electron chi connectivity index (χ0n) is 14.4. The van der Waals surface area contributed by atoms with Gasteiger partial charge in [-0.05, 0) is 68.1 Å². The Morgan fingerprint density at radius 3 is 2.59 bits per heavy atom. The van der Waals surface area contributed by atoms with Crippen LogP contribution in [0.5, 0.6) is 0 Å². The fraction of sp³-hybridized carbons (Fsp3) is 0.850. The van der Waals surface area contributed by atoms with Gasteiger partial charge in [-0.1, -0.05) is 25.5 Å². The summed E-state index contributed by atoms with van der Waals surface area (Å²) in [5.74, 6) is 2.75. The number of ketones is 1. The smallest absolute Gasteiger partial charge is 0.139 e. The summed E-state index contributed by atoms with van der Waals surface area (Å²) in [7, 11) is 1.86. The first-order valence-corrected chi connectivity index (χ1v) is 9.24. The Bertz CT molecular complexity index is 522. The number of allylic oxidation sites excluding steroid dienone is 1. The van der Waals surface area contributed by atoms with E-state index in [9.17, 15) is 4.79 Å². The normalized spacial score (nSPS) is 50.9. The van der Waals surface area contributed by atoms with Crippen LogP contribution in [0.25, 0.3) is 0 Å². The molecule has 2 heteroatoms. The van der Waals surface area contributed by atoms with Crippen LogP contribution < -0.4 is 0 Å². The van der Waals surface area contributed by atoms with Gasteiger partial charge in [0, 0.05) is 18.9 Å². The molecule has 0 aromatic heterocycles. The zero-order chi connectivity index (χ0) is 15.5. The molecule has 3 saturated carbocycles. The van der Waals surface area contributed by atoms with Gasteiger partial charge in [0.25, 0.3) is 0 Å². The third-order valence-electron chi connectivity index (χ3n) is 8.10. The van der Waals surface area contributed by atoms with Crippen molar-refractivity contribution in [2.75, 3.05) is 7.11 Å². The number of hydrogen-bond donors (Lipinski definition) is 0. The Balaban J connectivity index is 1.66. The van der Waals surface area contributed by atoms with Crippen LogP contribution in [0.4, 0.5) is 0 Å². The highest BCUT2D eigenvalue weighted by atomic mass is 16.5. The van der Waals surface area contributed by atoms with Gasteiger partial charge in [-0.25, -0.2) is 0 Å². The molecule has 4 aliphatic rings. The lowest BCUT2D eigenvalue weighted by molar-refractivity contribution is -0.132. The van der Waals surface area contributed by atoms with Gasteiger partial charge in [0.05, 0.1) is 6.10 Å². The largest absolute Gasteiger partial charge is 0.381 e. The second kappa shape index (κ2) is 4.93. The number of ether oxygens (including phenoxy) is 1. The van der Waals surface area contributed by atoms with Crippen molar-refractivity contribution in [2.45, 2.75) is 71.3 Å². The highest BCUT2D eigenvalue weighted by molar-refractivity contribution is 5.87. The molecule has 4 aliphatic carbocycles. The molecule has 0 saturated heterocycles. The van der Waals surface area contributed by atoms with Crippen molar-refractivity contribution in [2.24, 2.45) is 28.6 Å². The molecule has 2 nitrogen and oxygen atoms in total. The quantitative estimate of drug-likeness (QED) is 0.665. The third kappa shape index (κ3) is 1.85. The van der Waals surface area contributed by atoms with E-state index < -0.39 is 0 Å². The molecule has 6 atom stereocenters. The number of methoxy groups -OCH3 is 1.